The average Bonchev–Trinajstić information content (AvgIpc) is 2.19. The van der Waals surface area contributed by atoms with Crippen molar-refractivity contribution < 1.29 is 9.84 Å². The number of ether oxygens (including phenoxy) is 1. The van der Waals surface area contributed by atoms with Crippen molar-refractivity contribution in [2.24, 2.45) is 5.73 Å². The van der Waals surface area contributed by atoms with Crippen LogP contribution in [-0.2, 0) is 6.54 Å². The van der Waals surface area contributed by atoms with Crippen LogP contribution in [0.1, 0.15) is 5.56 Å². The molecule has 0 atom stereocenters. The molecule has 1 heterocycles. The van der Waals surface area contributed by atoms with Crippen LogP contribution >= 0.6 is 0 Å². The highest BCUT2D eigenvalue weighted by Gasteiger charge is 2.23. The van der Waals surface area contributed by atoms with Crippen molar-refractivity contribution in [3.05, 3.63) is 23.8 Å². The third-order valence-corrected chi connectivity index (χ3v) is 2.67. The Hall–Kier alpha value is -1.26. The molecule has 82 valence electrons. The van der Waals surface area contributed by atoms with Gasteiger partial charge in [0.1, 0.15) is 11.5 Å². The first-order valence-corrected chi connectivity index (χ1v) is 5.03. The molecule has 0 amide bonds. The molecule has 0 aromatic heterocycles. The Balaban J connectivity index is 2.06. The van der Waals surface area contributed by atoms with Crippen molar-refractivity contribution in [2.75, 3.05) is 20.2 Å². The lowest BCUT2D eigenvalue weighted by Gasteiger charge is -2.36. The monoisotopic (exact) mass is 208 g/mol. The molecule has 1 aromatic carbocycles. The molecule has 0 spiro atoms. The second-order valence-electron chi connectivity index (χ2n) is 3.95. The summed E-state index contributed by atoms with van der Waals surface area (Å²) in [5.74, 6) is 1.09. The van der Waals surface area contributed by atoms with E-state index < -0.39 is 0 Å². The van der Waals surface area contributed by atoms with Crippen LogP contribution in [0.5, 0.6) is 11.5 Å². The van der Waals surface area contributed by atoms with Gasteiger partial charge in [0.2, 0.25) is 0 Å². The van der Waals surface area contributed by atoms with Gasteiger partial charge in [-0.25, -0.2) is 0 Å². The second-order valence-corrected chi connectivity index (χ2v) is 3.95. The summed E-state index contributed by atoms with van der Waals surface area (Å²) in [5, 5.41) is 9.65. The lowest BCUT2D eigenvalue weighted by molar-refractivity contribution is 0.141. The molecule has 1 fully saturated rings. The third-order valence-electron chi connectivity index (χ3n) is 2.67. The molecule has 0 bridgehead atoms. The fraction of sp³-hybridized carbons (Fsp3) is 0.455. The number of aromatic hydroxyl groups is 1. The number of phenols is 1. The number of hydrogen-bond acceptors (Lipinski definition) is 4. The topological polar surface area (TPSA) is 58.7 Å². The largest absolute Gasteiger partial charge is 0.508 e. The minimum absolute atomic E-state index is 0.290. The first-order valence-electron chi connectivity index (χ1n) is 5.03. The highest BCUT2D eigenvalue weighted by Crippen LogP contribution is 2.25. The zero-order valence-corrected chi connectivity index (χ0v) is 8.81. The lowest BCUT2D eigenvalue weighted by atomic mass is 10.1. The number of benzene rings is 1. The Bertz CT molecular complexity index is 348. The Morgan fingerprint density at radius 2 is 2.27 bits per heavy atom. The molecule has 1 aliphatic rings. The maximum atomic E-state index is 9.65. The Morgan fingerprint density at radius 3 is 2.87 bits per heavy atom. The normalized spacial score (nSPS) is 17.5. The summed E-state index contributed by atoms with van der Waals surface area (Å²) in [7, 11) is 1.62. The van der Waals surface area contributed by atoms with Crippen LogP contribution < -0.4 is 10.5 Å². The second kappa shape index (κ2) is 4.08. The maximum absolute atomic E-state index is 9.65. The van der Waals surface area contributed by atoms with Crippen LogP contribution in [0.4, 0.5) is 0 Å². The van der Waals surface area contributed by atoms with E-state index in [4.69, 9.17) is 10.5 Å². The summed E-state index contributed by atoms with van der Waals surface area (Å²) in [6.07, 6.45) is 0. The van der Waals surface area contributed by atoms with Crippen molar-refractivity contribution in [1.82, 2.24) is 4.90 Å². The molecule has 1 aliphatic heterocycles. The van der Waals surface area contributed by atoms with Crippen LogP contribution in [0.15, 0.2) is 18.2 Å². The van der Waals surface area contributed by atoms with E-state index in [1.54, 1.807) is 19.2 Å². The molecule has 1 aromatic rings. The van der Waals surface area contributed by atoms with Gasteiger partial charge in [-0.2, -0.15) is 0 Å². The van der Waals surface area contributed by atoms with Gasteiger partial charge in [0.15, 0.2) is 0 Å². The molecule has 0 saturated carbocycles. The van der Waals surface area contributed by atoms with E-state index in [1.165, 1.54) is 0 Å². The van der Waals surface area contributed by atoms with Crippen molar-refractivity contribution in [2.45, 2.75) is 12.6 Å². The van der Waals surface area contributed by atoms with Crippen LogP contribution in [0.3, 0.4) is 0 Å². The standard InChI is InChI=1S/C11H16N2O2/c1-15-10-2-3-11(14)8(4-10)5-13-6-9(12)7-13/h2-4,9,14H,5-7,12H2,1H3. The number of nitrogens with two attached hydrogens (primary N) is 1. The first-order chi connectivity index (χ1) is 7.19. The Labute approximate surface area is 89.3 Å². The highest BCUT2D eigenvalue weighted by molar-refractivity contribution is 5.39. The molecule has 4 heteroatoms. The van der Waals surface area contributed by atoms with Gasteiger partial charge in [0, 0.05) is 31.2 Å². The summed E-state index contributed by atoms with van der Waals surface area (Å²) < 4.78 is 5.11. The summed E-state index contributed by atoms with van der Waals surface area (Å²) in [5.41, 5.74) is 6.58. The van der Waals surface area contributed by atoms with Gasteiger partial charge in [0.05, 0.1) is 7.11 Å². The SMILES string of the molecule is COc1ccc(O)c(CN2CC(N)C2)c1. The summed E-state index contributed by atoms with van der Waals surface area (Å²) >= 11 is 0. The first kappa shape index (κ1) is 10.3. The summed E-state index contributed by atoms with van der Waals surface area (Å²) in [6, 6.07) is 5.56. The van der Waals surface area contributed by atoms with E-state index in [-0.39, 0.29) is 6.04 Å². The van der Waals surface area contributed by atoms with Gasteiger partial charge < -0.3 is 15.6 Å². The Kier molecular flexibility index (Phi) is 2.79. The molecule has 0 unspecified atom stereocenters. The van der Waals surface area contributed by atoms with Gasteiger partial charge >= 0.3 is 0 Å². The van der Waals surface area contributed by atoms with Gasteiger partial charge in [-0.05, 0) is 18.2 Å². The molecule has 3 N–H and O–H groups in total. The van der Waals surface area contributed by atoms with Crippen molar-refractivity contribution in [3.8, 4) is 11.5 Å². The average molecular weight is 208 g/mol. The number of nitrogens with zero attached hydrogens (tertiary/aromatic N) is 1. The van der Waals surface area contributed by atoms with Crippen molar-refractivity contribution in [3.63, 3.8) is 0 Å². The zero-order valence-electron chi connectivity index (χ0n) is 8.81. The Morgan fingerprint density at radius 1 is 1.53 bits per heavy atom. The van der Waals surface area contributed by atoms with E-state index >= 15 is 0 Å². The van der Waals surface area contributed by atoms with Gasteiger partial charge in [-0.15, -0.1) is 0 Å². The van der Waals surface area contributed by atoms with Gasteiger partial charge in [0.25, 0.3) is 0 Å². The summed E-state index contributed by atoms with van der Waals surface area (Å²) in [6.45, 7) is 2.53. The fourth-order valence-corrected chi connectivity index (χ4v) is 1.80. The van der Waals surface area contributed by atoms with Crippen molar-refractivity contribution in [1.29, 1.82) is 0 Å². The molecule has 1 saturated heterocycles. The predicted octanol–water partition coefficient (Wildman–Crippen LogP) is 0.544. The number of hydrogen-bond donors (Lipinski definition) is 2. The quantitative estimate of drug-likeness (QED) is 0.761. The molecular formula is C11H16N2O2. The third kappa shape index (κ3) is 2.22. The minimum Gasteiger partial charge on any atom is -0.508 e. The fourth-order valence-electron chi connectivity index (χ4n) is 1.80. The zero-order chi connectivity index (χ0) is 10.8. The molecule has 0 aliphatic carbocycles. The van der Waals surface area contributed by atoms with Crippen molar-refractivity contribution >= 4 is 0 Å². The predicted molar refractivity (Wildman–Crippen MR) is 57.9 cm³/mol. The molecule has 0 radical (unpaired) electrons. The molecule has 2 rings (SSSR count). The maximum Gasteiger partial charge on any atom is 0.120 e. The number of likely N-dealkylation sites (tertiary alicyclic amines) is 1. The number of methoxy groups -OCH3 is 1. The van der Waals surface area contributed by atoms with E-state index in [2.05, 4.69) is 4.90 Å². The van der Waals surface area contributed by atoms with Crippen LogP contribution in [0, 0.1) is 0 Å². The van der Waals surface area contributed by atoms with Crippen LogP contribution in [0.25, 0.3) is 0 Å². The molecule has 4 nitrogen and oxygen atoms in total. The van der Waals surface area contributed by atoms with E-state index in [1.807, 2.05) is 6.07 Å². The molecular weight excluding hydrogens is 192 g/mol. The van der Waals surface area contributed by atoms with E-state index in [0.717, 1.165) is 30.9 Å². The number of phenolic OH excluding ortho intramolecular Hbond substituents is 1. The van der Waals surface area contributed by atoms with Gasteiger partial charge in [-0.1, -0.05) is 0 Å². The molecule has 15 heavy (non-hydrogen) atoms. The van der Waals surface area contributed by atoms with E-state index in [0.29, 0.717) is 5.75 Å². The smallest absolute Gasteiger partial charge is 0.120 e. The van der Waals surface area contributed by atoms with E-state index in [9.17, 15) is 5.11 Å². The minimum atomic E-state index is 0.290. The highest BCUT2D eigenvalue weighted by atomic mass is 16.5. The lowest BCUT2D eigenvalue weighted by Crippen LogP contribution is -2.54. The van der Waals surface area contributed by atoms with Crippen LogP contribution in [0.2, 0.25) is 0 Å². The summed E-state index contributed by atoms with van der Waals surface area (Å²) in [4.78, 5) is 2.19. The van der Waals surface area contributed by atoms with Gasteiger partial charge in [-0.3, -0.25) is 4.90 Å². The number of rotatable bonds is 3. The van der Waals surface area contributed by atoms with Crippen LogP contribution in [-0.4, -0.2) is 36.2 Å².